The number of nitrogens with one attached hydrogen (secondary N) is 2. The van der Waals surface area contributed by atoms with Gasteiger partial charge in [0, 0.05) is 70.8 Å². The Bertz CT molecular complexity index is 2320. The van der Waals surface area contributed by atoms with Gasteiger partial charge in [0.05, 0.1) is 6.42 Å². The third-order valence-corrected chi connectivity index (χ3v) is 10.5. The van der Waals surface area contributed by atoms with Crippen molar-refractivity contribution in [3.8, 4) is 0 Å². The van der Waals surface area contributed by atoms with Crippen molar-refractivity contribution in [2.45, 2.75) is 49.9 Å². The molecule has 2 saturated heterocycles. The van der Waals surface area contributed by atoms with E-state index in [-0.39, 0.29) is 42.6 Å². The first-order chi connectivity index (χ1) is 25.2. The SMILES string of the molecule is O=CC(C(=O)Cc1oc2c(C3CCNC3)cc(F)cc2c1Cc1cccc(F)c1)c1oc2c(C3CCNC3)cc(F)cc2c1Cc1cccc(F)c1. The minimum absolute atomic E-state index is 0.0109. The van der Waals surface area contributed by atoms with Crippen LogP contribution in [0.3, 0.4) is 0 Å². The number of aldehydes is 1. The molecule has 0 radical (unpaired) electrons. The summed E-state index contributed by atoms with van der Waals surface area (Å²) in [6.45, 7) is 2.77. The molecule has 2 fully saturated rings. The Balaban J connectivity index is 1.24. The van der Waals surface area contributed by atoms with Gasteiger partial charge in [0.2, 0.25) is 0 Å². The van der Waals surface area contributed by atoms with Crippen molar-refractivity contribution in [2.75, 3.05) is 26.2 Å². The molecule has 3 atom stereocenters. The molecule has 0 saturated carbocycles. The molecule has 10 heteroatoms. The molecule has 4 heterocycles. The highest BCUT2D eigenvalue weighted by atomic mass is 19.1. The van der Waals surface area contributed by atoms with E-state index in [2.05, 4.69) is 10.6 Å². The van der Waals surface area contributed by atoms with Crippen molar-refractivity contribution in [1.82, 2.24) is 10.6 Å². The van der Waals surface area contributed by atoms with E-state index in [1.54, 1.807) is 24.3 Å². The third-order valence-electron chi connectivity index (χ3n) is 10.5. The van der Waals surface area contributed by atoms with Crippen molar-refractivity contribution >= 4 is 34.0 Å². The predicted octanol–water partition coefficient (Wildman–Crippen LogP) is 8.17. The van der Waals surface area contributed by atoms with Gasteiger partial charge in [-0.3, -0.25) is 4.79 Å². The fourth-order valence-corrected chi connectivity index (χ4v) is 8.02. The van der Waals surface area contributed by atoms with Crippen LogP contribution in [0, 0.1) is 23.3 Å². The second-order valence-corrected chi connectivity index (χ2v) is 13.9. The van der Waals surface area contributed by atoms with Gasteiger partial charge in [-0.25, -0.2) is 17.6 Å². The van der Waals surface area contributed by atoms with Gasteiger partial charge in [-0.05, 0) is 85.6 Å². The normalized spacial score (nSPS) is 18.1. The molecule has 4 aromatic carbocycles. The first-order valence-electron chi connectivity index (χ1n) is 17.6. The van der Waals surface area contributed by atoms with Gasteiger partial charge in [-0.15, -0.1) is 0 Å². The van der Waals surface area contributed by atoms with Gasteiger partial charge >= 0.3 is 0 Å². The second kappa shape index (κ2) is 14.2. The molecule has 2 N–H and O–H groups in total. The maximum atomic E-state index is 15.3. The smallest absolute Gasteiger partial charge is 0.158 e. The molecule has 0 spiro atoms. The lowest BCUT2D eigenvalue weighted by molar-refractivity contribution is -0.124. The molecule has 2 aliphatic rings. The van der Waals surface area contributed by atoms with Crippen molar-refractivity contribution in [2.24, 2.45) is 0 Å². The summed E-state index contributed by atoms with van der Waals surface area (Å²) >= 11 is 0. The zero-order valence-electron chi connectivity index (χ0n) is 28.2. The van der Waals surface area contributed by atoms with E-state index in [9.17, 15) is 18.4 Å². The number of benzene rings is 4. The van der Waals surface area contributed by atoms with Gasteiger partial charge in [-0.2, -0.15) is 0 Å². The largest absolute Gasteiger partial charge is 0.460 e. The minimum atomic E-state index is -1.42. The Morgan fingerprint density at radius 3 is 1.77 bits per heavy atom. The highest BCUT2D eigenvalue weighted by molar-refractivity contribution is 6.02. The molecule has 2 aromatic heterocycles. The average molecular weight is 709 g/mol. The maximum absolute atomic E-state index is 15.3. The van der Waals surface area contributed by atoms with Crippen molar-refractivity contribution in [3.63, 3.8) is 0 Å². The summed E-state index contributed by atoms with van der Waals surface area (Å²) in [5, 5.41) is 7.49. The number of ketones is 1. The number of Topliss-reactive ketones (excluding diaryl/α,β-unsaturated/α-hetero) is 1. The summed E-state index contributed by atoms with van der Waals surface area (Å²) in [4.78, 5) is 27.4. The van der Waals surface area contributed by atoms with Crippen LogP contribution in [0.2, 0.25) is 0 Å². The first kappa shape index (κ1) is 34.0. The predicted molar refractivity (Wildman–Crippen MR) is 189 cm³/mol. The van der Waals surface area contributed by atoms with E-state index >= 15 is 8.78 Å². The standard InChI is InChI=1S/C42H36F4N2O4/c43-27-5-1-3-23(11-27)13-33-35-17-29(45)15-31(25-7-9-47-20-25)40(35)51-39(33)19-38(50)37(22-49)42-34(14-24-4-2-6-28(44)12-24)36-18-30(46)16-32(41(36)52-42)26-8-10-48-21-26/h1-6,11-12,15-18,22,25-26,37,47-48H,7-10,13-14,19-21H2. The molecular formula is C42H36F4N2O4. The molecular weight excluding hydrogens is 672 g/mol. The highest BCUT2D eigenvalue weighted by Gasteiger charge is 2.33. The maximum Gasteiger partial charge on any atom is 0.158 e. The van der Waals surface area contributed by atoms with Crippen LogP contribution in [-0.4, -0.2) is 38.2 Å². The summed E-state index contributed by atoms with van der Waals surface area (Å²) in [7, 11) is 0. The Hall–Kier alpha value is -5.06. The lowest BCUT2D eigenvalue weighted by atomic mass is 9.90. The Morgan fingerprint density at radius 2 is 1.25 bits per heavy atom. The number of carbonyl (C=O) groups is 2. The summed E-state index contributed by atoms with van der Waals surface area (Å²) in [5.41, 5.74) is 4.24. The summed E-state index contributed by atoms with van der Waals surface area (Å²) < 4.78 is 72.0. The van der Waals surface area contributed by atoms with Gasteiger partial charge in [-0.1, -0.05) is 24.3 Å². The number of hydrogen-bond donors (Lipinski definition) is 2. The quantitative estimate of drug-likeness (QED) is 0.0803. The molecule has 3 unspecified atom stereocenters. The van der Waals surface area contributed by atoms with Gasteiger partial charge < -0.3 is 24.3 Å². The number of fused-ring (bicyclic) bond motifs is 2. The zero-order chi connectivity index (χ0) is 35.9. The van der Waals surface area contributed by atoms with Crippen LogP contribution in [0.25, 0.3) is 21.9 Å². The fourth-order valence-electron chi connectivity index (χ4n) is 8.02. The van der Waals surface area contributed by atoms with Gasteiger partial charge in [0.15, 0.2) is 5.78 Å². The van der Waals surface area contributed by atoms with Crippen LogP contribution in [0.5, 0.6) is 0 Å². The molecule has 6 nitrogen and oxygen atoms in total. The molecule has 6 aromatic rings. The Morgan fingerprint density at radius 1 is 0.712 bits per heavy atom. The molecule has 2 aliphatic heterocycles. The van der Waals surface area contributed by atoms with Crippen LogP contribution in [0.1, 0.15) is 75.5 Å². The topological polar surface area (TPSA) is 84.5 Å². The average Bonchev–Trinajstić information content (AvgIpc) is 3.94. The van der Waals surface area contributed by atoms with E-state index in [1.165, 1.54) is 48.5 Å². The molecule has 0 aliphatic carbocycles. The van der Waals surface area contributed by atoms with Crippen LogP contribution in [0.4, 0.5) is 17.6 Å². The fraction of sp³-hybridized carbons (Fsp3) is 0.286. The molecule has 8 rings (SSSR count). The van der Waals surface area contributed by atoms with E-state index in [0.29, 0.717) is 74.7 Å². The number of hydrogen-bond acceptors (Lipinski definition) is 6. The molecule has 266 valence electrons. The lowest BCUT2D eigenvalue weighted by Gasteiger charge is -2.11. The minimum Gasteiger partial charge on any atom is -0.460 e. The molecule has 0 amide bonds. The van der Waals surface area contributed by atoms with Crippen LogP contribution in [0.15, 0.2) is 81.6 Å². The summed E-state index contributed by atoms with van der Waals surface area (Å²) in [6, 6.07) is 17.6. The van der Waals surface area contributed by atoms with Gasteiger partial charge in [0.25, 0.3) is 0 Å². The van der Waals surface area contributed by atoms with Crippen molar-refractivity contribution in [3.05, 3.63) is 141 Å². The number of halogens is 4. The summed E-state index contributed by atoms with van der Waals surface area (Å²) in [6.07, 6.45) is 1.92. The van der Waals surface area contributed by atoms with Crippen LogP contribution in [-0.2, 0) is 28.9 Å². The molecule has 0 bridgehead atoms. The Labute approximate surface area is 297 Å². The number of carbonyl (C=O) groups excluding carboxylic acids is 2. The van der Waals surface area contributed by atoms with Crippen molar-refractivity contribution < 1.29 is 36.0 Å². The lowest BCUT2D eigenvalue weighted by Crippen LogP contribution is -2.18. The monoisotopic (exact) mass is 708 g/mol. The third kappa shape index (κ3) is 6.57. The summed E-state index contributed by atoms with van der Waals surface area (Å²) in [5.74, 6) is -3.57. The number of rotatable bonds is 11. The van der Waals surface area contributed by atoms with E-state index in [0.717, 1.165) is 25.9 Å². The van der Waals surface area contributed by atoms with E-state index in [1.807, 2.05) is 0 Å². The van der Waals surface area contributed by atoms with E-state index in [4.69, 9.17) is 8.83 Å². The van der Waals surface area contributed by atoms with Crippen molar-refractivity contribution in [1.29, 1.82) is 0 Å². The van der Waals surface area contributed by atoms with Gasteiger partial charge in [0.1, 0.15) is 58.2 Å². The van der Waals surface area contributed by atoms with Crippen LogP contribution >= 0.6 is 0 Å². The van der Waals surface area contributed by atoms with E-state index < -0.39 is 35.0 Å². The zero-order valence-corrected chi connectivity index (χ0v) is 28.2. The molecule has 52 heavy (non-hydrogen) atoms. The van der Waals surface area contributed by atoms with Crippen LogP contribution < -0.4 is 10.6 Å². The Kier molecular flexibility index (Phi) is 9.27. The first-order valence-corrected chi connectivity index (χ1v) is 17.6. The number of furan rings is 2. The highest BCUT2D eigenvalue weighted by Crippen LogP contribution is 2.41. The second-order valence-electron chi connectivity index (χ2n) is 13.9.